The van der Waals surface area contributed by atoms with Crippen molar-refractivity contribution in [2.24, 2.45) is 28.7 Å². The molecule has 20 heteroatoms. The van der Waals surface area contributed by atoms with Crippen LogP contribution in [0.25, 0.3) is 0 Å². The van der Waals surface area contributed by atoms with Gasteiger partial charge in [0.2, 0.25) is 29.5 Å². The van der Waals surface area contributed by atoms with E-state index in [1.807, 2.05) is 0 Å². The maximum Gasteiger partial charge on any atom is 0.257 e. The lowest BCUT2D eigenvalue weighted by atomic mass is 10.1. The number of likely N-dealkylation sites (N-methyl/N-ethyl adjacent to an activating group) is 1. The second kappa shape index (κ2) is 20.5. The number of hydrogen-bond donors (Lipinski definition) is 13. The highest BCUT2D eigenvalue weighted by Crippen LogP contribution is 1.98. The molecule has 0 aromatic carbocycles. The third-order valence-corrected chi connectivity index (χ3v) is 6.18. The van der Waals surface area contributed by atoms with Crippen molar-refractivity contribution in [3.63, 3.8) is 0 Å². The fourth-order valence-corrected chi connectivity index (χ4v) is 3.77. The van der Waals surface area contributed by atoms with Gasteiger partial charge in [-0.25, -0.2) is 0 Å². The Morgan fingerprint density at radius 3 is 1.78 bits per heavy atom. The lowest BCUT2D eigenvalue weighted by Gasteiger charge is -2.23. The Kier molecular flexibility index (Phi) is 17.5. The van der Waals surface area contributed by atoms with Crippen molar-refractivity contribution in [3.05, 3.63) is 24.3 Å². The molecule has 0 unspecified atom stereocenters. The fourth-order valence-electron chi connectivity index (χ4n) is 3.77. The van der Waals surface area contributed by atoms with Crippen LogP contribution in [0.15, 0.2) is 24.3 Å². The van der Waals surface area contributed by atoms with Gasteiger partial charge in [-0.05, 0) is 26.4 Å². The molecule has 6 atom stereocenters. The van der Waals surface area contributed by atoms with Gasteiger partial charge in [-0.15, -0.1) is 0 Å². The van der Waals surface area contributed by atoms with Crippen molar-refractivity contribution < 1.29 is 33.6 Å². The van der Waals surface area contributed by atoms with E-state index in [9.17, 15) is 33.6 Å². The van der Waals surface area contributed by atoms with Crippen molar-refractivity contribution in [1.29, 1.82) is 0 Å². The summed E-state index contributed by atoms with van der Waals surface area (Å²) in [7, 11) is 1.48. The van der Waals surface area contributed by atoms with Gasteiger partial charge in [-0.2, -0.15) is 0 Å². The molecule has 252 valence electrons. The molecule has 1 aliphatic heterocycles. The van der Waals surface area contributed by atoms with Crippen molar-refractivity contribution in [2.45, 2.75) is 49.3 Å². The second-order valence-electron chi connectivity index (χ2n) is 9.61. The van der Waals surface area contributed by atoms with E-state index >= 15 is 0 Å². The summed E-state index contributed by atoms with van der Waals surface area (Å²) >= 11 is 0. The van der Waals surface area contributed by atoms with E-state index < -0.39 is 84.4 Å². The number of nitrogens with one attached hydrogen (secondary N) is 8. The molecule has 0 aromatic rings. The minimum atomic E-state index is -1.64. The minimum Gasteiger partial charge on any atom is -0.353 e. The number of carbonyl (C=O) groups is 7. The number of hydrogen-bond acceptors (Lipinski definition) is 13. The largest absolute Gasteiger partial charge is 0.353 e. The molecule has 1 heterocycles. The Bertz CT molecular complexity index is 1120. The molecule has 45 heavy (non-hydrogen) atoms. The normalized spacial score (nSPS) is 27.6. The highest BCUT2D eigenvalue weighted by molar-refractivity contribution is 5.97. The zero-order valence-corrected chi connectivity index (χ0v) is 25.0. The SMILES string of the molecule is CN[C@H]1CCNC(=O)[C@H](N)NC(=O)[C@H](CCN)NC(=O)[C@H](/C=C/CN)NC(=O)CNC(=O)[C@@H](N)NC(=O)[C@H](/C=C/CN)NC1=O. The number of amides is 7. The average molecular weight is 640 g/mol. The maximum absolute atomic E-state index is 13.0. The zero-order chi connectivity index (χ0) is 33.9. The summed E-state index contributed by atoms with van der Waals surface area (Å²) in [5, 5.41) is 19.3. The molecule has 0 spiro atoms. The first-order valence-corrected chi connectivity index (χ1v) is 14.1. The molecule has 1 rings (SSSR count). The smallest absolute Gasteiger partial charge is 0.257 e. The molecular weight excluding hydrogens is 594 g/mol. The maximum atomic E-state index is 13.0. The van der Waals surface area contributed by atoms with Crippen LogP contribution in [0, 0.1) is 0 Å². The van der Waals surface area contributed by atoms with E-state index in [0.717, 1.165) is 0 Å². The van der Waals surface area contributed by atoms with Crippen LogP contribution in [0.3, 0.4) is 0 Å². The number of nitrogens with two attached hydrogens (primary N) is 5. The summed E-state index contributed by atoms with van der Waals surface area (Å²) in [6.45, 7) is -0.713. The quantitative estimate of drug-likeness (QED) is 0.115. The van der Waals surface area contributed by atoms with Gasteiger partial charge in [0.25, 0.3) is 11.8 Å². The fraction of sp³-hybridized carbons (Fsp3) is 0.560. The molecule has 0 bridgehead atoms. The van der Waals surface area contributed by atoms with Crippen LogP contribution in [-0.4, -0.2) is 118 Å². The molecule has 1 aliphatic rings. The molecule has 0 saturated carbocycles. The Labute approximate surface area is 259 Å². The molecular formula is C25H45N13O7. The minimum absolute atomic E-state index is 0.0125. The first kappa shape index (κ1) is 38.6. The number of rotatable bonds is 7. The van der Waals surface area contributed by atoms with Crippen molar-refractivity contribution >= 4 is 41.4 Å². The lowest BCUT2D eigenvalue weighted by Crippen LogP contribution is -2.59. The predicted octanol–water partition coefficient (Wildman–Crippen LogP) is -8.15. The second-order valence-corrected chi connectivity index (χ2v) is 9.61. The molecule has 0 aromatic heterocycles. The van der Waals surface area contributed by atoms with Crippen molar-refractivity contribution in [2.75, 3.05) is 39.8 Å². The lowest BCUT2D eigenvalue weighted by molar-refractivity contribution is -0.133. The van der Waals surface area contributed by atoms with E-state index in [-0.39, 0.29) is 39.0 Å². The molecule has 1 saturated heterocycles. The highest BCUT2D eigenvalue weighted by Gasteiger charge is 2.29. The monoisotopic (exact) mass is 639 g/mol. The van der Waals surface area contributed by atoms with Crippen LogP contribution < -0.4 is 71.2 Å². The summed E-state index contributed by atoms with van der Waals surface area (Å²) in [6, 6.07) is -4.78. The van der Waals surface area contributed by atoms with E-state index in [4.69, 9.17) is 28.7 Å². The standard InChI is InChI=1S/C25H45N13O7/c1-31-13-7-11-32-24(44)18(29)37-23(43)16(6-10-28)36-21(41)14(4-2-8-26)34-17(39)12-33-25(45)19(30)38-22(42)15(5-3-9-27)35-20(13)40/h2-5,13-16,18-19,31H,6-12,26-30H2,1H3,(H,32,44)(H,33,45)(H,34,39)(H,35,40)(H,36,41)(H,37,43)(H,38,42)/b4-2+,5-3+/t13-,14-,15-,16-,18+,19-/m0/s1. The van der Waals surface area contributed by atoms with E-state index in [2.05, 4.69) is 42.5 Å². The molecule has 0 radical (unpaired) electrons. The van der Waals surface area contributed by atoms with Crippen LogP contribution >= 0.6 is 0 Å². The van der Waals surface area contributed by atoms with Crippen LogP contribution in [0.5, 0.6) is 0 Å². The van der Waals surface area contributed by atoms with Gasteiger partial charge in [-0.3, -0.25) is 33.6 Å². The highest BCUT2D eigenvalue weighted by atomic mass is 16.2. The summed E-state index contributed by atoms with van der Waals surface area (Å²) in [4.78, 5) is 89.3. The molecule has 1 fully saturated rings. The van der Waals surface area contributed by atoms with Crippen LogP contribution in [0.1, 0.15) is 12.8 Å². The first-order valence-electron chi connectivity index (χ1n) is 14.1. The molecule has 0 aliphatic carbocycles. The summed E-state index contributed by atoms with van der Waals surface area (Å²) in [5.41, 5.74) is 28.2. The first-order chi connectivity index (χ1) is 21.4. The van der Waals surface area contributed by atoms with Gasteiger partial charge in [0.15, 0.2) is 12.3 Å². The zero-order valence-electron chi connectivity index (χ0n) is 25.0. The van der Waals surface area contributed by atoms with Crippen LogP contribution in [-0.2, 0) is 33.6 Å². The predicted molar refractivity (Wildman–Crippen MR) is 162 cm³/mol. The summed E-state index contributed by atoms with van der Waals surface area (Å²) in [6.07, 6.45) is 2.16. The average Bonchev–Trinajstić information content (AvgIpc) is 3.00. The van der Waals surface area contributed by atoms with Crippen LogP contribution in [0.4, 0.5) is 0 Å². The van der Waals surface area contributed by atoms with Crippen molar-refractivity contribution in [3.8, 4) is 0 Å². The number of carbonyl (C=O) groups excluding carboxylic acids is 7. The van der Waals surface area contributed by atoms with Gasteiger partial charge in [-0.1, -0.05) is 24.3 Å². The van der Waals surface area contributed by atoms with E-state index in [1.54, 1.807) is 0 Å². The summed E-state index contributed by atoms with van der Waals surface area (Å²) < 4.78 is 0. The summed E-state index contributed by atoms with van der Waals surface area (Å²) in [5.74, 6) is -5.75. The van der Waals surface area contributed by atoms with Gasteiger partial charge in [0.1, 0.15) is 18.1 Å². The Hall–Kier alpha value is -4.47. The van der Waals surface area contributed by atoms with Gasteiger partial charge in [0.05, 0.1) is 12.6 Å². The Balaban J connectivity index is 3.31. The third-order valence-electron chi connectivity index (χ3n) is 6.18. The van der Waals surface area contributed by atoms with Crippen LogP contribution in [0.2, 0.25) is 0 Å². The molecule has 20 nitrogen and oxygen atoms in total. The van der Waals surface area contributed by atoms with E-state index in [0.29, 0.717) is 0 Å². The van der Waals surface area contributed by atoms with E-state index in [1.165, 1.54) is 31.4 Å². The third kappa shape index (κ3) is 13.8. The topological polar surface area (TPSA) is 346 Å². The van der Waals surface area contributed by atoms with Gasteiger partial charge in [0, 0.05) is 19.6 Å². The van der Waals surface area contributed by atoms with Crippen molar-refractivity contribution in [1.82, 2.24) is 42.5 Å². The Morgan fingerprint density at radius 1 is 0.689 bits per heavy atom. The van der Waals surface area contributed by atoms with Gasteiger partial charge >= 0.3 is 0 Å². The Morgan fingerprint density at radius 2 is 1.22 bits per heavy atom. The molecule has 18 N–H and O–H groups in total. The molecule has 7 amide bonds. The van der Waals surface area contributed by atoms with Gasteiger partial charge < -0.3 is 71.2 Å².